The monoisotopic (exact) mass is 345 g/mol. The molecule has 122 valence electrons. The van der Waals surface area contributed by atoms with E-state index < -0.39 is 20.7 Å². The van der Waals surface area contributed by atoms with Gasteiger partial charge in [0.25, 0.3) is 10.0 Å². The maximum Gasteiger partial charge on any atom is 0.322 e. The van der Waals surface area contributed by atoms with Crippen molar-refractivity contribution in [3.63, 3.8) is 0 Å². The van der Waals surface area contributed by atoms with Crippen LogP contribution in [0.2, 0.25) is 0 Å². The molecule has 0 aliphatic rings. The molecule has 0 bridgehead atoms. The smallest absolute Gasteiger partial charge is 0.322 e. The van der Waals surface area contributed by atoms with Gasteiger partial charge in [0.2, 0.25) is 0 Å². The third kappa shape index (κ3) is 3.66. The average molecular weight is 345 g/mol. The zero-order valence-corrected chi connectivity index (χ0v) is 13.1. The van der Waals surface area contributed by atoms with Crippen molar-refractivity contribution >= 4 is 15.7 Å². The summed E-state index contributed by atoms with van der Waals surface area (Å²) in [6, 6.07) is 14.1. The Kier molecular flexibility index (Phi) is 4.39. The summed E-state index contributed by atoms with van der Waals surface area (Å²) in [7, 11) is -4.06. The largest absolute Gasteiger partial charge is 0.424 e. The van der Waals surface area contributed by atoms with Crippen molar-refractivity contribution in [2.75, 3.05) is 4.72 Å². The van der Waals surface area contributed by atoms with E-state index in [0.717, 1.165) is 6.07 Å². The van der Waals surface area contributed by atoms with Crippen LogP contribution in [0.15, 0.2) is 71.9 Å². The SMILES string of the molecule is O=S(=O)(Nc1cnc(Oc2ccccc2)nc1)c1ccccc1F. The molecule has 8 heteroatoms. The molecule has 3 rings (SSSR count). The van der Waals surface area contributed by atoms with Crippen molar-refractivity contribution in [3.05, 3.63) is 72.8 Å². The van der Waals surface area contributed by atoms with Crippen molar-refractivity contribution in [1.82, 2.24) is 9.97 Å². The second-order valence-corrected chi connectivity index (χ2v) is 6.36. The first-order valence-electron chi connectivity index (χ1n) is 6.87. The summed E-state index contributed by atoms with van der Waals surface area (Å²) < 4.78 is 45.6. The van der Waals surface area contributed by atoms with Gasteiger partial charge in [-0.2, -0.15) is 0 Å². The van der Waals surface area contributed by atoms with Crippen molar-refractivity contribution in [2.45, 2.75) is 4.90 Å². The first-order valence-corrected chi connectivity index (χ1v) is 8.35. The predicted molar refractivity (Wildman–Crippen MR) is 85.8 cm³/mol. The molecule has 0 unspecified atom stereocenters. The Balaban J connectivity index is 1.76. The number of benzene rings is 2. The summed E-state index contributed by atoms with van der Waals surface area (Å²) in [6.45, 7) is 0. The molecule has 1 heterocycles. The van der Waals surface area contributed by atoms with Crippen LogP contribution in [0, 0.1) is 5.82 Å². The molecule has 24 heavy (non-hydrogen) atoms. The lowest BCUT2D eigenvalue weighted by Crippen LogP contribution is -2.14. The summed E-state index contributed by atoms with van der Waals surface area (Å²) in [5.41, 5.74) is 0.0960. The molecule has 0 spiro atoms. The van der Waals surface area contributed by atoms with E-state index >= 15 is 0 Å². The zero-order valence-electron chi connectivity index (χ0n) is 12.3. The van der Waals surface area contributed by atoms with Gasteiger partial charge in [0.15, 0.2) is 0 Å². The Labute approximate surface area is 138 Å². The third-order valence-electron chi connectivity index (χ3n) is 2.96. The minimum atomic E-state index is -4.06. The van der Waals surface area contributed by atoms with Gasteiger partial charge in [0, 0.05) is 0 Å². The van der Waals surface area contributed by atoms with Gasteiger partial charge in [-0.15, -0.1) is 0 Å². The van der Waals surface area contributed by atoms with Gasteiger partial charge in [-0.05, 0) is 24.3 Å². The molecular weight excluding hydrogens is 333 g/mol. The number of hydrogen-bond acceptors (Lipinski definition) is 5. The summed E-state index contributed by atoms with van der Waals surface area (Å²) in [5, 5.41) is 0. The molecule has 0 fully saturated rings. The first-order chi connectivity index (χ1) is 11.5. The number of halogens is 1. The van der Waals surface area contributed by atoms with Crippen LogP contribution in [0.4, 0.5) is 10.1 Å². The zero-order chi connectivity index (χ0) is 17.0. The highest BCUT2D eigenvalue weighted by Gasteiger charge is 2.18. The number of ether oxygens (including phenoxy) is 1. The maximum atomic E-state index is 13.6. The van der Waals surface area contributed by atoms with E-state index in [-0.39, 0.29) is 11.7 Å². The van der Waals surface area contributed by atoms with Crippen LogP contribution >= 0.6 is 0 Å². The molecule has 0 radical (unpaired) electrons. The maximum absolute atomic E-state index is 13.6. The molecular formula is C16H12FN3O3S. The van der Waals surface area contributed by atoms with Gasteiger partial charge in [-0.1, -0.05) is 30.3 Å². The van der Waals surface area contributed by atoms with E-state index in [4.69, 9.17) is 4.74 Å². The fourth-order valence-corrected chi connectivity index (χ4v) is 3.00. The molecule has 0 amide bonds. The lowest BCUT2D eigenvalue weighted by atomic mass is 10.3. The third-order valence-corrected chi connectivity index (χ3v) is 4.37. The second-order valence-electron chi connectivity index (χ2n) is 4.71. The molecule has 0 aliphatic heterocycles. The highest BCUT2D eigenvalue weighted by Crippen LogP contribution is 2.20. The molecule has 0 aliphatic carbocycles. The molecule has 1 aromatic heterocycles. The number of hydrogen-bond donors (Lipinski definition) is 1. The predicted octanol–water partition coefficient (Wildman–Crippen LogP) is 3.21. The van der Waals surface area contributed by atoms with E-state index in [1.807, 2.05) is 6.07 Å². The number of rotatable bonds is 5. The fraction of sp³-hybridized carbons (Fsp3) is 0. The molecule has 0 saturated carbocycles. The van der Waals surface area contributed by atoms with Gasteiger partial charge in [-0.3, -0.25) is 4.72 Å². The summed E-state index contributed by atoms with van der Waals surface area (Å²) in [4.78, 5) is 7.39. The Morgan fingerprint density at radius 3 is 2.21 bits per heavy atom. The highest BCUT2D eigenvalue weighted by atomic mass is 32.2. The number of nitrogens with one attached hydrogen (secondary N) is 1. The lowest BCUT2D eigenvalue weighted by molar-refractivity contribution is 0.442. The Bertz CT molecular complexity index is 932. The number of sulfonamides is 1. The van der Waals surface area contributed by atoms with Gasteiger partial charge in [0.1, 0.15) is 16.5 Å². The van der Waals surface area contributed by atoms with Crippen molar-refractivity contribution in [2.24, 2.45) is 0 Å². The summed E-state index contributed by atoms with van der Waals surface area (Å²) >= 11 is 0. The number of anilines is 1. The normalized spacial score (nSPS) is 11.0. The molecule has 2 aromatic carbocycles. The fourth-order valence-electron chi connectivity index (χ4n) is 1.89. The van der Waals surface area contributed by atoms with E-state index in [9.17, 15) is 12.8 Å². The van der Waals surface area contributed by atoms with Crippen LogP contribution in [0.1, 0.15) is 0 Å². The van der Waals surface area contributed by atoms with Gasteiger partial charge < -0.3 is 4.74 Å². The van der Waals surface area contributed by atoms with E-state index in [2.05, 4.69) is 14.7 Å². The first kappa shape index (κ1) is 15.9. The Hall–Kier alpha value is -3.00. The summed E-state index contributed by atoms with van der Waals surface area (Å²) in [5.74, 6) is -0.285. The average Bonchev–Trinajstić information content (AvgIpc) is 2.58. The summed E-state index contributed by atoms with van der Waals surface area (Å²) in [6.07, 6.45) is 2.48. The van der Waals surface area contributed by atoms with Crippen LogP contribution in [0.5, 0.6) is 11.8 Å². The molecule has 0 saturated heterocycles. The van der Waals surface area contributed by atoms with Crippen LogP contribution in [-0.4, -0.2) is 18.4 Å². The number of nitrogens with zero attached hydrogens (tertiary/aromatic N) is 2. The Morgan fingerprint density at radius 2 is 1.54 bits per heavy atom. The van der Waals surface area contributed by atoms with Crippen molar-refractivity contribution in [3.8, 4) is 11.8 Å². The topological polar surface area (TPSA) is 81.2 Å². The highest BCUT2D eigenvalue weighted by molar-refractivity contribution is 7.92. The van der Waals surface area contributed by atoms with Gasteiger partial charge in [-0.25, -0.2) is 22.8 Å². The Morgan fingerprint density at radius 1 is 0.917 bits per heavy atom. The van der Waals surface area contributed by atoms with Crippen LogP contribution in [-0.2, 0) is 10.0 Å². The van der Waals surface area contributed by atoms with Gasteiger partial charge in [0.05, 0.1) is 18.1 Å². The minimum absolute atomic E-state index is 0.0649. The second kappa shape index (κ2) is 6.63. The quantitative estimate of drug-likeness (QED) is 0.768. The van der Waals surface area contributed by atoms with Crippen LogP contribution < -0.4 is 9.46 Å². The van der Waals surface area contributed by atoms with E-state index in [1.54, 1.807) is 24.3 Å². The van der Waals surface area contributed by atoms with Crippen LogP contribution in [0.3, 0.4) is 0 Å². The molecule has 0 atom stereocenters. The molecule has 1 N–H and O–H groups in total. The van der Waals surface area contributed by atoms with E-state index in [0.29, 0.717) is 5.75 Å². The van der Waals surface area contributed by atoms with Gasteiger partial charge >= 0.3 is 6.01 Å². The minimum Gasteiger partial charge on any atom is -0.424 e. The van der Waals surface area contributed by atoms with Crippen molar-refractivity contribution < 1.29 is 17.5 Å². The molecule has 3 aromatic rings. The number of aromatic nitrogens is 2. The van der Waals surface area contributed by atoms with E-state index in [1.165, 1.54) is 30.6 Å². The molecule has 6 nitrogen and oxygen atoms in total. The number of para-hydroxylation sites is 1. The lowest BCUT2D eigenvalue weighted by Gasteiger charge is -2.08. The van der Waals surface area contributed by atoms with Crippen LogP contribution in [0.25, 0.3) is 0 Å². The standard InChI is InChI=1S/C16H12FN3O3S/c17-14-8-4-5-9-15(14)24(21,22)20-12-10-18-16(19-11-12)23-13-6-2-1-3-7-13/h1-11,20H. The van der Waals surface area contributed by atoms with Crippen molar-refractivity contribution in [1.29, 1.82) is 0 Å².